The van der Waals surface area contributed by atoms with E-state index in [0.29, 0.717) is 40.8 Å². The average molecular weight is 448 g/mol. The smallest absolute Gasteiger partial charge is 0.166 e. The molecule has 0 aliphatic carbocycles. The number of aryl methyl sites for hydroxylation is 2. The van der Waals surface area contributed by atoms with Crippen molar-refractivity contribution in [3.63, 3.8) is 0 Å². The number of benzene rings is 4. The van der Waals surface area contributed by atoms with Crippen molar-refractivity contribution >= 4 is 0 Å². The second-order valence-electron chi connectivity index (χ2n) is 7.80. The lowest BCUT2D eigenvalue weighted by atomic mass is 9.97. The fourth-order valence-electron chi connectivity index (χ4n) is 3.78. The van der Waals surface area contributed by atoms with Crippen LogP contribution in [0.2, 0.25) is 0 Å². The molecule has 0 saturated heterocycles. The molecule has 2 nitrogen and oxygen atoms in total. The highest BCUT2D eigenvalue weighted by Crippen LogP contribution is 2.29. The van der Waals surface area contributed by atoms with Crippen molar-refractivity contribution < 1.29 is 23.0 Å². The van der Waals surface area contributed by atoms with E-state index in [1.165, 1.54) is 13.2 Å². The maximum atomic E-state index is 14.7. The van der Waals surface area contributed by atoms with Gasteiger partial charge in [-0.05, 0) is 52.8 Å². The molecule has 0 saturated carbocycles. The van der Waals surface area contributed by atoms with Crippen molar-refractivity contribution in [3.05, 3.63) is 113 Å². The first kappa shape index (κ1) is 22.6. The lowest BCUT2D eigenvalue weighted by Gasteiger charge is -2.10. The summed E-state index contributed by atoms with van der Waals surface area (Å²) in [7, 11) is 1.49. The summed E-state index contributed by atoms with van der Waals surface area (Å²) < 4.78 is 48.8. The Labute approximate surface area is 190 Å². The predicted octanol–water partition coefficient (Wildman–Crippen LogP) is 6.72. The van der Waals surface area contributed by atoms with Gasteiger partial charge in [0, 0.05) is 17.2 Å². The number of hydrogen-bond acceptors (Lipinski definition) is 2. The van der Waals surface area contributed by atoms with E-state index in [4.69, 9.17) is 9.84 Å². The number of hydrogen-bond donors (Lipinski definition) is 1. The zero-order chi connectivity index (χ0) is 23.4. The van der Waals surface area contributed by atoms with Gasteiger partial charge in [0.2, 0.25) is 0 Å². The lowest BCUT2D eigenvalue weighted by molar-refractivity contribution is 0.282. The van der Waals surface area contributed by atoms with Crippen LogP contribution in [-0.4, -0.2) is 12.2 Å². The van der Waals surface area contributed by atoms with Gasteiger partial charge >= 0.3 is 0 Å². The van der Waals surface area contributed by atoms with Gasteiger partial charge in [-0.1, -0.05) is 60.7 Å². The van der Waals surface area contributed by atoms with Crippen LogP contribution in [-0.2, 0) is 19.4 Å². The molecule has 4 rings (SSSR count). The third-order valence-electron chi connectivity index (χ3n) is 5.73. The molecule has 1 N–H and O–H groups in total. The van der Waals surface area contributed by atoms with Crippen LogP contribution in [0.3, 0.4) is 0 Å². The fraction of sp³-hybridized carbons (Fsp3) is 0.143. The van der Waals surface area contributed by atoms with Crippen LogP contribution in [0.4, 0.5) is 13.2 Å². The van der Waals surface area contributed by atoms with Crippen molar-refractivity contribution in [2.45, 2.75) is 19.4 Å². The zero-order valence-electron chi connectivity index (χ0n) is 18.1. The molecule has 33 heavy (non-hydrogen) atoms. The van der Waals surface area contributed by atoms with Crippen LogP contribution in [0.5, 0.6) is 5.75 Å². The van der Waals surface area contributed by atoms with Gasteiger partial charge in [-0.15, -0.1) is 0 Å². The van der Waals surface area contributed by atoms with Crippen LogP contribution in [0.1, 0.15) is 16.7 Å². The number of aliphatic hydroxyl groups is 1. The minimum absolute atomic E-state index is 0.105. The van der Waals surface area contributed by atoms with Crippen LogP contribution in [0.25, 0.3) is 22.3 Å². The molecule has 168 valence electrons. The second kappa shape index (κ2) is 9.92. The number of halogens is 3. The van der Waals surface area contributed by atoms with Crippen LogP contribution in [0.15, 0.2) is 78.9 Å². The van der Waals surface area contributed by atoms with Crippen molar-refractivity contribution in [2.75, 3.05) is 7.11 Å². The molecular weight excluding hydrogens is 425 g/mol. The standard InChI is InChI=1S/C28H23F3O2/c1-33-23-13-15-24(26(29)16-23)20-7-2-18(3-8-20)4-11-22-12-14-25(28(31)27(22)30)21-9-5-19(17-32)6-10-21/h2-3,5-10,12-16,32H,4,11,17H2,1H3. The van der Waals surface area contributed by atoms with E-state index in [1.807, 2.05) is 24.3 Å². The molecule has 0 aromatic heterocycles. The van der Waals surface area contributed by atoms with E-state index in [9.17, 15) is 13.2 Å². The van der Waals surface area contributed by atoms with Crippen molar-refractivity contribution in [1.82, 2.24) is 0 Å². The minimum Gasteiger partial charge on any atom is -0.497 e. The van der Waals surface area contributed by atoms with Gasteiger partial charge in [-0.2, -0.15) is 0 Å². The van der Waals surface area contributed by atoms with E-state index in [2.05, 4.69) is 0 Å². The Morgan fingerprint density at radius 3 is 1.88 bits per heavy atom. The molecule has 0 aliphatic heterocycles. The first-order valence-electron chi connectivity index (χ1n) is 10.6. The Morgan fingerprint density at radius 1 is 0.667 bits per heavy atom. The molecule has 0 atom stereocenters. The minimum atomic E-state index is -0.880. The molecule has 0 fully saturated rings. The van der Waals surface area contributed by atoms with Crippen molar-refractivity contribution in [3.8, 4) is 28.0 Å². The topological polar surface area (TPSA) is 29.5 Å². The van der Waals surface area contributed by atoms with E-state index < -0.39 is 11.6 Å². The molecule has 4 aromatic carbocycles. The summed E-state index contributed by atoms with van der Waals surface area (Å²) in [4.78, 5) is 0. The molecule has 0 bridgehead atoms. The largest absolute Gasteiger partial charge is 0.497 e. The van der Waals surface area contributed by atoms with E-state index >= 15 is 0 Å². The number of methoxy groups -OCH3 is 1. The molecule has 0 amide bonds. The van der Waals surface area contributed by atoms with Gasteiger partial charge in [0.1, 0.15) is 11.6 Å². The van der Waals surface area contributed by atoms with Crippen LogP contribution in [0, 0.1) is 17.5 Å². The highest BCUT2D eigenvalue weighted by molar-refractivity contribution is 5.66. The maximum absolute atomic E-state index is 14.7. The van der Waals surface area contributed by atoms with Gasteiger partial charge in [-0.25, -0.2) is 13.2 Å². The van der Waals surface area contributed by atoms with Gasteiger partial charge in [0.15, 0.2) is 11.6 Å². The molecule has 0 unspecified atom stereocenters. The van der Waals surface area contributed by atoms with Crippen molar-refractivity contribution in [1.29, 1.82) is 0 Å². The number of aliphatic hydroxyl groups excluding tert-OH is 1. The average Bonchev–Trinajstić information content (AvgIpc) is 2.85. The summed E-state index contributed by atoms with van der Waals surface area (Å²) in [5.74, 6) is -1.65. The molecule has 0 spiro atoms. The van der Waals surface area contributed by atoms with Crippen LogP contribution < -0.4 is 4.74 Å². The molecule has 0 radical (unpaired) electrons. The first-order valence-corrected chi connectivity index (χ1v) is 10.6. The van der Waals surface area contributed by atoms with Gasteiger partial charge in [-0.3, -0.25) is 0 Å². The second-order valence-corrected chi connectivity index (χ2v) is 7.80. The van der Waals surface area contributed by atoms with E-state index in [1.54, 1.807) is 48.5 Å². The molecule has 0 aliphatic rings. The molecule has 4 aromatic rings. The third kappa shape index (κ3) is 4.94. The SMILES string of the molecule is COc1ccc(-c2ccc(CCc3ccc(-c4ccc(CO)cc4)c(F)c3F)cc2)c(F)c1. The Kier molecular flexibility index (Phi) is 6.80. The Balaban J connectivity index is 1.47. The first-order chi connectivity index (χ1) is 16.0. The summed E-state index contributed by atoms with van der Waals surface area (Å²) in [6.07, 6.45) is 0.856. The molecule has 5 heteroatoms. The van der Waals surface area contributed by atoms with Gasteiger partial charge in [0.25, 0.3) is 0 Å². The highest BCUT2D eigenvalue weighted by Gasteiger charge is 2.15. The van der Waals surface area contributed by atoms with E-state index in [0.717, 1.165) is 11.1 Å². The normalized spacial score (nSPS) is 10.9. The van der Waals surface area contributed by atoms with E-state index in [-0.39, 0.29) is 18.0 Å². The monoisotopic (exact) mass is 448 g/mol. The summed E-state index contributed by atoms with van der Waals surface area (Å²) >= 11 is 0. The van der Waals surface area contributed by atoms with Gasteiger partial charge < -0.3 is 9.84 Å². The summed E-state index contributed by atoms with van der Waals surface area (Å²) in [6, 6.07) is 21.9. The fourth-order valence-corrected chi connectivity index (χ4v) is 3.78. The Morgan fingerprint density at radius 2 is 1.27 bits per heavy atom. The summed E-state index contributed by atoms with van der Waals surface area (Å²) in [6.45, 7) is -0.105. The lowest BCUT2D eigenvalue weighted by Crippen LogP contribution is -2.00. The molecule has 0 heterocycles. The maximum Gasteiger partial charge on any atom is 0.166 e. The van der Waals surface area contributed by atoms with Gasteiger partial charge in [0.05, 0.1) is 13.7 Å². The highest BCUT2D eigenvalue weighted by atomic mass is 19.2. The van der Waals surface area contributed by atoms with Crippen molar-refractivity contribution in [2.24, 2.45) is 0 Å². The number of rotatable bonds is 7. The molecular formula is C28H23F3O2. The van der Waals surface area contributed by atoms with Crippen LogP contribution >= 0.6 is 0 Å². The Hall–Kier alpha value is -3.57. The number of ether oxygens (including phenoxy) is 1. The quantitative estimate of drug-likeness (QED) is 0.340. The summed E-state index contributed by atoms with van der Waals surface area (Å²) in [5, 5.41) is 9.14. The predicted molar refractivity (Wildman–Crippen MR) is 124 cm³/mol. The Bertz CT molecular complexity index is 1250. The third-order valence-corrected chi connectivity index (χ3v) is 5.73. The summed E-state index contributed by atoms with van der Waals surface area (Å²) in [5.41, 5.74) is 3.88. The zero-order valence-corrected chi connectivity index (χ0v) is 18.1.